The molecule has 0 bridgehead atoms. The lowest BCUT2D eigenvalue weighted by Crippen LogP contribution is -2.33. The molecule has 19 heavy (non-hydrogen) atoms. The molecule has 0 saturated carbocycles. The van der Waals surface area contributed by atoms with Gasteiger partial charge in [-0.1, -0.05) is 17.7 Å². The minimum absolute atomic E-state index is 0.277. The van der Waals surface area contributed by atoms with E-state index < -0.39 is 11.1 Å². The van der Waals surface area contributed by atoms with Crippen molar-refractivity contribution in [2.75, 3.05) is 0 Å². The van der Waals surface area contributed by atoms with Gasteiger partial charge >= 0.3 is 11.1 Å². The van der Waals surface area contributed by atoms with Gasteiger partial charge in [-0.15, -0.1) is 0 Å². The number of hydrogen-bond acceptors (Lipinski definition) is 5. The number of hydrogen-bond donors (Lipinski definition) is 2. The van der Waals surface area contributed by atoms with E-state index in [1.807, 2.05) is 6.07 Å². The van der Waals surface area contributed by atoms with Crippen LogP contribution in [0.3, 0.4) is 0 Å². The summed E-state index contributed by atoms with van der Waals surface area (Å²) in [5.74, 6) is 0. The minimum Gasteiger partial charge on any atom is -0.326 e. The van der Waals surface area contributed by atoms with Crippen LogP contribution in [-0.2, 0) is 13.6 Å². The molecular formula is C11H11ClN4O2S. The summed E-state index contributed by atoms with van der Waals surface area (Å²) in [4.78, 5) is 26.9. The molecule has 2 rings (SSSR count). The van der Waals surface area contributed by atoms with Crippen LogP contribution in [-0.4, -0.2) is 14.8 Å². The number of aromatic nitrogens is 3. The Balaban J connectivity index is 2.48. The molecule has 100 valence electrons. The fraction of sp³-hybridized carbons (Fsp3) is 0.182. The molecule has 3 N–H and O–H groups in total. The predicted molar refractivity (Wildman–Crippen MR) is 73.6 cm³/mol. The van der Waals surface area contributed by atoms with Crippen molar-refractivity contribution < 1.29 is 0 Å². The van der Waals surface area contributed by atoms with Crippen molar-refractivity contribution in [1.82, 2.24) is 14.8 Å². The zero-order valence-corrected chi connectivity index (χ0v) is 11.6. The lowest BCUT2D eigenvalue weighted by Gasteiger charge is -2.10. The molecule has 6 nitrogen and oxygen atoms in total. The zero-order valence-electron chi connectivity index (χ0n) is 10.0. The summed E-state index contributed by atoms with van der Waals surface area (Å²) in [5, 5.41) is 3.30. The van der Waals surface area contributed by atoms with Crippen LogP contribution in [0.5, 0.6) is 0 Å². The van der Waals surface area contributed by atoms with E-state index in [9.17, 15) is 9.59 Å². The Hall–Kier alpha value is -1.57. The van der Waals surface area contributed by atoms with Crippen LogP contribution in [0, 0.1) is 0 Å². The van der Waals surface area contributed by atoms with Gasteiger partial charge in [-0.3, -0.25) is 19.4 Å². The fourth-order valence-electron chi connectivity index (χ4n) is 1.48. The fourth-order valence-corrected chi connectivity index (χ4v) is 2.76. The average Bonchev–Trinajstić information content (AvgIpc) is 2.36. The molecule has 1 aromatic heterocycles. The van der Waals surface area contributed by atoms with Crippen molar-refractivity contribution in [3.8, 4) is 0 Å². The Bertz CT molecular complexity index is 725. The monoisotopic (exact) mass is 298 g/mol. The maximum Gasteiger partial charge on any atom is 0.339 e. The summed E-state index contributed by atoms with van der Waals surface area (Å²) in [6.07, 6.45) is 0. The van der Waals surface area contributed by atoms with E-state index >= 15 is 0 Å². The molecule has 0 amide bonds. The Morgan fingerprint density at radius 1 is 1.47 bits per heavy atom. The van der Waals surface area contributed by atoms with Crippen LogP contribution in [0.15, 0.2) is 37.8 Å². The van der Waals surface area contributed by atoms with Crippen molar-refractivity contribution in [2.24, 2.45) is 12.8 Å². The molecule has 0 saturated heterocycles. The smallest absolute Gasteiger partial charge is 0.326 e. The van der Waals surface area contributed by atoms with E-state index in [0.29, 0.717) is 10.2 Å². The second kappa shape index (κ2) is 5.60. The van der Waals surface area contributed by atoms with E-state index in [4.69, 9.17) is 17.3 Å². The number of benzene rings is 1. The zero-order chi connectivity index (χ0) is 14.0. The Labute approximate surface area is 117 Å². The first-order chi connectivity index (χ1) is 9.02. The number of rotatable bonds is 3. The van der Waals surface area contributed by atoms with Gasteiger partial charge in [0.25, 0.3) is 0 Å². The summed E-state index contributed by atoms with van der Waals surface area (Å²) in [5.41, 5.74) is 4.85. The quantitative estimate of drug-likeness (QED) is 0.815. The lowest BCUT2D eigenvalue weighted by atomic mass is 10.2. The van der Waals surface area contributed by atoms with Crippen molar-refractivity contribution in [1.29, 1.82) is 0 Å². The van der Waals surface area contributed by atoms with Crippen LogP contribution in [0.4, 0.5) is 0 Å². The molecule has 0 spiro atoms. The van der Waals surface area contributed by atoms with Gasteiger partial charge in [0.2, 0.25) is 0 Å². The van der Waals surface area contributed by atoms with Crippen molar-refractivity contribution in [2.45, 2.75) is 16.6 Å². The summed E-state index contributed by atoms with van der Waals surface area (Å²) in [6.45, 7) is 0.277. The summed E-state index contributed by atoms with van der Waals surface area (Å²) in [7, 11) is 1.60. The van der Waals surface area contributed by atoms with Crippen LogP contribution in [0.2, 0.25) is 5.02 Å². The van der Waals surface area contributed by atoms with Gasteiger partial charge in [0.15, 0.2) is 5.16 Å². The highest BCUT2D eigenvalue weighted by molar-refractivity contribution is 7.99. The molecule has 0 atom stereocenters. The van der Waals surface area contributed by atoms with Crippen molar-refractivity contribution in [3.05, 3.63) is 49.5 Å². The largest absolute Gasteiger partial charge is 0.339 e. The third-order valence-electron chi connectivity index (χ3n) is 2.43. The topological polar surface area (TPSA) is 93.8 Å². The summed E-state index contributed by atoms with van der Waals surface area (Å²) < 4.78 is 1.38. The van der Waals surface area contributed by atoms with Crippen LogP contribution in [0.25, 0.3) is 0 Å². The molecule has 8 heteroatoms. The molecular weight excluding hydrogens is 288 g/mol. The number of halogens is 1. The number of nitrogens with zero attached hydrogens (tertiary/aromatic N) is 2. The molecule has 1 heterocycles. The van der Waals surface area contributed by atoms with Gasteiger partial charge in [0.1, 0.15) is 0 Å². The summed E-state index contributed by atoms with van der Waals surface area (Å²) >= 11 is 7.27. The first-order valence-corrected chi connectivity index (χ1v) is 6.55. The first-order valence-electron chi connectivity index (χ1n) is 5.35. The molecule has 0 unspecified atom stereocenters. The number of nitrogens with one attached hydrogen (secondary N) is 1. The summed E-state index contributed by atoms with van der Waals surface area (Å²) in [6, 6.07) is 5.36. The highest BCUT2D eigenvalue weighted by Crippen LogP contribution is 2.31. The normalized spacial score (nSPS) is 10.7. The molecule has 0 aliphatic heterocycles. The minimum atomic E-state index is -0.822. The van der Waals surface area contributed by atoms with E-state index in [2.05, 4.69) is 10.1 Å². The molecule has 1 aromatic carbocycles. The van der Waals surface area contributed by atoms with Gasteiger partial charge in [0.05, 0.1) is 0 Å². The molecule has 0 aliphatic rings. The van der Waals surface area contributed by atoms with Gasteiger partial charge in [-0.2, -0.15) is 4.98 Å². The first kappa shape index (κ1) is 13.9. The van der Waals surface area contributed by atoms with E-state index in [0.717, 1.165) is 10.5 Å². The lowest BCUT2D eigenvalue weighted by molar-refractivity contribution is 0.596. The molecule has 2 aromatic rings. The Kier molecular flexibility index (Phi) is 4.08. The van der Waals surface area contributed by atoms with Gasteiger partial charge in [0, 0.05) is 23.5 Å². The second-order valence-electron chi connectivity index (χ2n) is 3.72. The number of nitrogens with two attached hydrogens (primary N) is 1. The molecule has 0 fully saturated rings. The van der Waals surface area contributed by atoms with E-state index in [-0.39, 0.29) is 6.54 Å². The third-order valence-corrected chi connectivity index (χ3v) is 3.93. The van der Waals surface area contributed by atoms with E-state index in [1.54, 1.807) is 19.2 Å². The standard InChI is InChI=1S/C11H11ClN4O2S/c1-16-11(14-9(17)10(18)15-16)19-8-4-2-3-7(12)6(8)5-13/h2-4H,5,13H2,1H3,(H,15,18). The Morgan fingerprint density at radius 2 is 2.21 bits per heavy atom. The molecule has 0 aliphatic carbocycles. The highest BCUT2D eigenvalue weighted by atomic mass is 35.5. The molecule has 0 radical (unpaired) electrons. The van der Waals surface area contributed by atoms with Crippen LogP contribution in [0.1, 0.15) is 5.56 Å². The highest BCUT2D eigenvalue weighted by Gasteiger charge is 2.11. The van der Waals surface area contributed by atoms with Crippen LogP contribution >= 0.6 is 23.4 Å². The average molecular weight is 299 g/mol. The maximum atomic E-state index is 11.3. The number of aromatic amines is 1. The van der Waals surface area contributed by atoms with Gasteiger partial charge in [-0.05, 0) is 29.5 Å². The van der Waals surface area contributed by atoms with Crippen molar-refractivity contribution in [3.63, 3.8) is 0 Å². The van der Waals surface area contributed by atoms with E-state index in [1.165, 1.54) is 16.4 Å². The third kappa shape index (κ3) is 2.89. The van der Waals surface area contributed by atoms with Gasteiger partial charge in [-0.25, -0.2) is 0 Å². The number of H-pyrrole nitrogens is 1. The predicted octanol–water partition coefficient (Wildman–Crippen LogP) is 0.732. The Morgan fingerprint density at radius 3 is 2.89 bits per heavy atom. The number of aryl methyl sites for hydroxylation is 1. The maximum absolute atomic E-state index is 11.3. The second-order valence-corrected chi connectivity index (χ2v) is 5.14. The van der Waals surface area contributed by atoms with Gasteiger partial charge < -0.3 is 5.73 Å². The SMILES string of the molecule is Cn1[nH]c(=O)c(=O)nc1Sc1cccc(Cl)c1CN. The van der Waals surface area contributed by atoms with Crippen LogP contribution < -0.4 is 16.9 Å². The van der Waals surface area contributed by atoms with Crippen molar-refractivity contribution >= 4 is 23.4 Å².